The van der Waals surface area contributed by atoms with Gasteiger partial charge in [0.05, 0.1) is 28.9 Å². The van der Waals surface area contributed by atoms with Crippen molar-refractivity contribution in [2.75, 3.05) is 44.3 Å². The van der Waals surface area contributed by atoms with E-state index in [0.29, 0.717) is 22.8 Å². The number of benzene rings is 2. The van der Waals surface area contributed by atoms with E-state index >= 15 is 0 Å². The average Bonchev–Trinajstić information content (AvgIpc) is 3.38. The summed E-state index contributed by atoms with van der Waals surface area (Å²) < 4.78 is 13.2. The molecule has 9 heteroatoms. The minimum Gasteiger partial charge on any atom is -0.408 e. The van der Waals surface area contributed by atoms with Crippen molar-refractivity contribution in [3.8, 4) is 0 Å². The van der Waals surface area contributed by atoms with Gasteiger partial charge in [-0.3, -0.25) is 19.2 Å². The molecule has 0 bridgehead atoms. The van der Waals surface area contributed by atoms with Crippen LogP contribution in [0, 0.1) is 13.8 Å². The molecule has 0 radical (unpaired) electrons. The highest BCUT2D eigenvalue weighted by atomic mass is 32.1. The van der Waals surface area contributed by atoms with Gasteiger partial charge >= 0.3 is 5.76 Å². The lowest BCUT2D eigenvalue weighted by molar-refractivity contribution is -0.119. The fourth-order valence-corrected chi connectivity index (χ4v) is 5.53. The maximum absolute atomic E-state index is 13.6. The van der Waals surface area contributed by atoms with E-state index in [1.807, 2.05) is 19.1 Å². The quantitative estimate of drug-likeness (QED) is 0.402. The lowest BCUT2D eigenvalue weighted by Crippen LogP contribution is -2.40. The maximum Gasteiger partial charge on any atom is 0.420 e. The molecule has 4 aromatic rings. The van der Waals surface area contributed by atoms with Crippen molar-refractivity contribution < 1.29 is 13.9 Å². The van der Waals surface area contributed by atoms with Crippen molar-refractivity contribution in [3.05, 3.63) is 58.1 Å². The number of morpholine rings is 1. The molecule has 178 valence electrons. The van der Waals surface area contributed by atoms with E-state index in [9.17, 15) is 9.59 Å². The number of oxazole rings is 1. The van der Waals surface area contributed by atoms with Crippen LogP contribution in [-0.2, 0) is 16.1 Å². The molecule has 1 saturated heterocycles. The zero-order chi connectivity index (χ0) is 23.7. The Balaban J connectivity index is 1.43. The van der Waals surface area contributed by atoms with Gasteiger partial charge in [-0.1, -0.05) is 29.5 Å². The van der Waals surface area contributed by atoms with Crippen molar-refractivity contribution in [3.63, 3.8) is 0 Å². The number of aromatic nitrogens is 2. The van der Waals surface area contributed by atoms with Gasteiger partial charge in [0.15, 0.2) is 10.7 Å². The lowest BCUT2D eigenvalue weighted by Gasteiger charge is -2.27. The zero-order valence-electron chi connectivity index (χ0n) is 19.5. The molecule has 0 spiro atoms. The summed E-state index contributed by atoms with van der Waals surface area (Å²) in [6.07, 6.45) is 0.806. The summed E-state index contributed by atoms with van der Waals surface area (Å²) in [5.41, 5.74) is 4.28. The van der Waals surface area contributed by atoms with Gasteiger partial charge in [0.2, 0.25) is 5.91 Å². The molecule has 2 aromatic carbocycles. The Labute approximate surface area is 201 Å². The Kier molecular flexibility index (Phi) is 6.49. The smallest absolute Gasteiger partial charge is 0.408 e. The molecule has 5 rings (SSSR count). The largest absolute Gasteiger partial charge is 0.420 e. The summed E-state index contributed by atoms with van der Waals surface area (Å²) in [5.74, 6) is -0.706. The predicted octanol–water partition coefficient (Wildman–Crippen LogP) is 3.58. The van der Waals surface area contributed by atoms with Crippen LogP contribution in [0.25, 0.3) is 21.3 Å². The maximum atomic E-state index is 13.6. The van der Waals surface area contributed by atoms with E-state index in [4.69, 9.17) is 14.1 Å². The molecule has 0 aliphatic carbocycles. The molecule has 0 unspecified atom stereocenters. The van der Waals surface area contributed by atoms with Crippen LogP contribution in [0.1, 0.15) is 17.5 Å². The summed E-state index contributed by atoms with van der Waals surface area (Å²) in [6.45, 7) is 8.73. The summed E-state index contributed by atoms with van der Waals surface area (Å²) in [5, 5.41) is 0.663. The van der Waals surface area contributed by atoms with Crippen LogP contribution in [0.15, 0.2) is 45.6 Å². The topological polar surface area (TPSA) is 80.8 Å². The van der Waals surface area contributed by atoms with Crippen LogP contribution in [-0.4, -0.2) is 59.8 Å². The average molecular weight is 481 g/mol. The van der Waals surface area contributed by atoms with Gasteiger partial charge in [0, 0.05) is 26.2 Å². The third-order valence-corrected chi connectivity index (χ3v) is 7.40. The number of ether oxygens (including phenoxy) is 1. The van der Waals surface area contributed by atoms with Gasteiger partial charge < -0.3 is 9.15 Å². The molecular formula is C25H28N4O4S. The first kappa shape index (κ1) is 22.8. The number of carbonyl (C=O) groups is 1. The Hall–Kier alpha value is -3.01. The first-order valence-corrected chi connectivity index (χ1v) is 12.4. The summed E-state index contributed by atoms with van der Waals surface area (Å²) in [7, 11) is 0. The van der Waals surface area contributed by atoms with Crippen molar-refractivity contribution >= 4 is 43.7 Å². The van der Waals surface area contributed by atoms with Crippen molar-refractivity contribution in [1.29, 1.82) is 0 Å². The number of carbonyl (C=O) groups excluding carboxylic acids is 1. The van der Waals surface area contributed by atoms with Crippen LogP contribution in [0.5, 0.6) is 0 Å². The fourth-order valence-electron chi connectivity index (χ4n) is 4.47. The zero-order valence-corrected chi connectivity index (χ0v) is 20.3. The first-order chi connectivity index (χ1) is 16.5. The molecule has 1 aliphatic heterocycles. The molecular weight excluding hydrogens is 452 g/mol. The summed E-state index contributed by atoms with van der Waals surface area (Å²) in [4.78, 5) is 34.9. The van der Waals surface area contributed by atoms with Gasteiger partial charge in [-0.05, 0) is 49.6 Å². The minimum absolute atomic E-state index is 0.0959. The predicted molar refractivity (Wildman–Crippen MR) is 134 cm³/mol. The van der Waals surface area contributed by atoms with Gasteiger partial charge in [-0.15, -0.1) is 0 Å². The Morgan fingerprint density at radius 2 is 1.97 bits per heavy atom. The molecule has 8 nitrogen and oxygen atoms in total. The highest BCUT2D eigenvalue weighted by Crippen LogP contribution is 2.32. The van der Waals surface area contributed by atoms with Crippen LogP contribution in [0.3, 0.4) is 0 Å². The minimum atomic E-state index is -0.529. The number of nitrogens with zero attached hydrogens (tertiary/aromatic N) is 4. The molecule has 0 N–H and O–H groups in total. The molecule has 1 amide bonds. The number of para-hydroxylation sites is 2. The van der Waals surface area contributed by atoms with E-state index in [2.05, 4.69) is 17.9 Å². The van der Waals surface area contributed by atoms with Crippen molar-refractivity contribution in [2.45, 2.75) is 26.8 Å². The van der Waals surface area contributed by atoms with E-state index in [-0.39, 0.29) is 12.5 Å². The van der Waals surface area contributed by atoms with Gasteiger partial charge in [-0.2, -0.15) is 0 Å². The highest BCUT2D eigenvalue weighted by molar-refractivity contribution is 7.22. The van der Waals surface area contributed by atoms with Gasteiger partial charge in [0.25, 0.3) is 0 Å². The van der Waals surface area contributed by atoms with Crippen LogP contribution in [0.4, 0.5) is 5.13 Å². The van der Waals surface area contributed by atoms with E-state index in [1.54, 1.807) is 23.1 Å². The SMILES string of the molecule is Cc1cc(C)c2sc(N(CCCN3CCOCC3)C(=O)Cn3c(=O)oc4ccccc43)nc2c1. The fraction of sp³-hybridized carbons (Fsp3) is 0.400. The number of fused-ring (bicyclic) bond motifs is 2. The van der Waals surface area contributed by atoms with E-state index in [1.165, 1.54) is 15.9 Å². The second-order valence-electron chi connectivity index (χ2n) is 8.70. The summed E-state index contributed by atoms with van der Waals surface area (Å²) in [6, 6.07) is 11.3. The number of anilines is 1. The third kappa shape index (κ3) is 4.64. The molecule has 1 aliphatic rings. The molecule has 0 atom stereocenters. The number of amides is 1. The Morgan fingerprint density at radius 3 is 2.79 bits per heavy atom. The number of hydrogen-bond acceptors (Lipinski definition) is 7. The van der Waals surface area contributed by atoms with Crippen LogP contribution >= 0.6 is 11.3 Å². The van der Waals surface area contributed by atoms with Crippen LogP contribution < -0.4 is 10.7 Å². The lowest BCUT2D eigenvalue weighted by atomic mass is 10.1. The third-order valence-electron chi connectivity index (χ3n) is 6.17. The van der Waals surface area contributed by atoms with Crippen LogP contribution in [0.2, 0.25) is 0 Å². The van der Waals surface area contributed by atoms with Gasteiger partial charge in [-0.25, -0.2) is 9.78 Å². The highest BCUT2D eigenvalue weighted by Gasteiger charge is 2.23. The number of hydrogen-bond donors (Lipinski definition) is 0. The first-order valence-electron chi connectivity index (χ1n) is 11.6. The number of thiazole rings is 1. The van der Waals surface area contributed by atoms with Gasteiger partial charge in [0.1, 0.15) is 6.54 Å². The monoisotopic (exact) mass is 480 g/mol. The summed E-state index contributed by atoms with van der Waals surface area (Å²) >= 11 is 1.53. The molecule has 2 aromatic heterocycles. The molecule has 1 fully saturated rings. The Bertz CT molecular complexity index is 1380. The second-order valence-corrected chi connectivity index (χ2v) is 9.68. The molecule has 3 heterocycles. The normalized spacial score (nSPS) is 14.8. The van der Waals surface area contributed by atoms with E-state index < -0.39 is 5.76 Å². The molecule has 0 saturated carbocycles. The Morgan fingerprint density at radius 1 is 1.18 bits per heavy atom. The standard InChI is InChI=1S/C25H28N4O4S/c1-17-14-18(2)23-19(15-17)26-24(34-23)28(9-5-8-27-10-12-32-13-11-27)22(30)16-29-20-6-3-4-7-21(20)33-25(29)31/h3-4,6-7,14-15H,5,8-13,16H2,1-2H3. The number of aryl methyl sites for hydroxylation is 2. The van der Waals surface area contributed by atoms with Crippen molar-refractivity contribution in [2.24, 2.45) is 0 Å². The second kappa shape index (κ2) is 9.69. The molecule has 34 heavy (non-hydrogen) atoms. The van der Waals surface area contributed by atoms with Crippen molar-refractivity contribution in [1.82, 2.24) is 14.5 Å². The van der Waals surface area contributed by atoms with E-state index in [0.717, 1.165) is 60.6 Å². The number of rotatable bonds is 7.